The van der Waals surface area contributed by atoms with Gasteiger partial charge in [-0.2, -0.15) is 0 Å². The fourth-order valence-corrected chi connectivity index (χ4v) is 2.33. The highest BCUT2D eigenvalue weighted by Gasteiger charge is 2.47. The molecule has 0 aromatic carbocycles. The molecule has 0 radical (unpaired) electrons. The molecule has 0 aliphatic rings. The Morgan fingerprint density at radius 2 is 1.13 bits per heavy atom. The molecule has 0 heterocycles. The van der Waals surface area contributed by atoms with Crippen molar-refractivity contribution in [2.24, 2.45) is 17.3 Å². The van der Waals surface area contributed by atoms with Crippen molar-refractivity contribution >= 4 is 11.9 Å². The fourth-order valence-electron chi connectivity index (χ4n) is 2.33. The minimum absolute atomic E-state index is 0.251. The Morgan fingerprint density at radius 3 is 1.39 bits per heavy atom. The van der Waals surface area contributed by atoms with Gasteiger partial charge < -0.3 is 9.47 Å². The van der Waals surface area contributed by atoms with Gasteiger partial charge in [-0.05, 0) is 24.7 Å². The van der Waals surface area contributed by atoms with Crippen LogP contribution in [0.2, 0.25) is 0 Å². The number of carbonyl (C=O) groups excluding carboxylic acids is 2. The van der Waals surface area contributed by atoms with Gasteiger partial charge in [0, 0.05) is 0 Å². The van der Waals surface area contributed by atoms with Crippen LogP contribution in [0.3, 0.4) is 0 Å². The summed E-state index contributed by atoms with van der Waals surface area (Å²) in [7, 11) is 0. The monoisotopic (exact) mass is 328 g/mol. The summed E-state index contributed by atoms with van der Waals surface area (Å²) in [6.07, 6.45) is 4.52. The van der Waals surface area contributed by atoms with Gasteiger partial charge in [-0.1, -0.05) is 67.2 Å². The van der Waals surface area contributed by atoms with Crippen molar-refractivity contribution in [2.45, 2.75) is 80.1 Å². The molecule has 4 nitrogen and oxygen atoms in total. The first-order valence-corrected chi connectivity index (χ1v) is 9.14. The van der Waals surface area contributed by atoms with Gasteiger partial charge in [0.25, 0.3) is 0 Å². The lowest BCUT2D eigenvalue weighted by atomic mass is 9.78. The van der Waals surface area contributed by atoms with E-state index in [9.17, 15) is 9.59 Å². The Bertz CT molecular complexity index is 313. The molecular weight excluding hydrogens is 292 g/mol. The van der Waals surface area contributed by atoms with E-state index >= 15 is 0 Å². The molecule has 0 spiro atoms. The number of rotatable bonds is 12. The topological polar surface area (TPSA) is 52.6 Å². The largest absolute Gasteiger partial charge is 0.465 e. The molecule has 0 unspecified atom stereocenters. The molecule has 0 aromatic rings. The molecule has 0 saturated heterocycles. The zero-order valence-corrected chi connectivity index (χ0v) is 15.9. The average molecular weight is 328 g/mol. The molecule has 0 aromatic heterocycles. The molecule has 136 valence electrons. The second kappa shape index (κ2) is 11.5. The van der Waals surface area contributed by atoms with Crippen molar-refractivity contribution in [3.63, 3.8) is 0 Å². The molecule has 0 N–H and O–H groups in total. The highest BCUT2D eigenvalue weighted by Crippen LogP contribution is 2.35. The Morgan fingerprint density at radius 1 is 0.783 bits per heavy atom. The first-order chi connectivity index (χ1) is 10.8. The molecule has 0 rings (SSSR count). The van der Waals surface area contributed by atoms with Crippen LogP contribution >= 0.6 is 0 Å². The molecule has 4 heteroatoms. The van der Waals surface area contributed by atoms with Crippen LogP contribution in [0.5, 0.6) is 0 Å². The molecule has 0 aliphatic heterocycles. The van der Waals surface area contributed by atoms with Crippen molar-refractivity contribution in [3.05, 3.63) is 0 Å². The standard InChI is InChI=1S/C19H36O4/c1-7-9-11-19(12-10-8-2,17(20)22-13-15(3)4)18(21)23-14-16(5)6/h15-16H,7-14H2,1-6H3. The second-order valence-corrected chi connectivity index (χ2v) is 7.27. The number of carbonyl (C=O) groups is 2. The van der Waals surface area contributed by atoms with Gasteiger partial charge in [-0.3, -0.25) is 9.59 Å². The van der Waals surface area contributed by atoms with Crippen molar-refractivity contribution in [3.8, 4) is 0 Å². The van der Waals surface area contributed by atoms with Crippen LogP contribution in [0.15, 0.2) is 0 Å². The summed E-state index contributed by atoms with van der Waals surface area (Å²) >= 11 is 0. The van der Waals surface area contributed by atoms with E-state index in [2.05, 4.69) is 13.8 Å². The molecule has 0 amide bonds. The lowest BCUT2D eigenvalue weighted by Gasteiger charge is -2.30. The van der Waals surface area contributed by atoms with Gasteiger partial charge in [0.05, 0.1) is 13.2 Å². The molecule has 0 saturated carbocycles. The van der Waals surface area contributed by atoms with E-state index in [1.165, 1.54) is 0 Å². The normalized spacial score (nSPS) is 11.8. The van der Waals surface area contributed by atoms with E-state index in [1.54, 1.807) is 0 Å². The molecule has 0 fully saturated rings. The van der Waals surface area contributed by atoms with Gasteiger partial charge >= 0.3 is 11.9 Å². The molecular formula is C19H36O4. The zero-order chi connectivity index (χ0) is 17.9. The van der Waals surface area contributed by atoms with Gasteiger partial charge in [-0.15, -0.1) is 0 Å². The number of hydrogen-bond donors (Lipinski definition) is 0. The van der Waals surface area contributed by atoms with Crippen LogP contribution in [0.4, 0.5) is 0 Å². The minimum atomic E-state index is -1.13. The molecule has 0 aliphatic carbocycles. The zero-order valence-electron chi connectivity index (χ0n) is 15.9. The summed E-state index contributed by atoms with van der Waals surface area (Å²) in [5, 5.41) is 0. The highest BCUT2D eigenvalue weighted by molar-refractivity contribution is 6.00. The number of unbranched alkanes of at least 4 members (excludes halogenated alkanes) is 2. The van der Waals surface area contributed by atoms with Crippen molar-refractivity contribution in [1.29, 1.82) is 0 Å². The predicted molar refractivity (Wildman–Crippen MR) is 93.1 cm³/mol. The summed E-state index contributed by atoms with van der Waals surface area (Å²) in [5.41, 5.74) is -1.13. The molecule has 23 heavy (non-hydrogen) atoms. The Hall–Kier alpha value is -1.06. The molecule has 0 atom stereocenters. The predicted octanol–water partition coefficient (Wildman–Crippen LogP) is 4.75. The minimum Gasteiger partial charge on any atom is -0.465 e. The Labute approximate surface area is 142 Å². The Balaban J connectivity index is 5.28. The lowest BCUT2D eigenvalue weighted by molar-refractivity contribution is -0.175. The first kappa shape index (κ1) is 21.9. The van der Waals surface area contributed by atoms with Gasteiger partial charge in [-0.25, -0.2) is 0 Å². The van der Waals surface area contributed by atoms with Crippen LogP contribution in [-0.2, 0) is 19.1 Å². The van der Waals surface area contributed by atoms with Crippen LogP contribution in [0, 0.1) is 17.3 Å². The third-order valence-corrected chi connectivity index (χ3v) is 3.79. The lowest BCUT2D eigenvalue weighted by Crippen LogP contribution is -2.43. The number of hydrogen-bond acceptors (Lipinski definition) is 4. The average Bonchev–Trinajstić information content (AvgIpc) is 2.50. The summed E-state index contributed by atoms with van der Waals surface area (Å²) in [6, 6.07) is 0. The number of ether oxygens (including phenoxy) is 2. The first-order valence-electron chi connectivity index (χ1n) is 9.14. The SMILES string of the molecule is CCCCC(CCCC)(C(=O)OCC(C)C)C(=O)OCC(C)C. The van der Waals surface area contributed by atoms with E-state index in [0.29, 0.717) is 26.1 Å². The summed E-state index contributed by atoms with van der Waals surface area (Å²) in [5.74, 6) is -0.301. The summed E-state index contributed by atoms with van der Waals surface area (Å²) in [4.78, 5) is 25.5. The van der Waals surface area contributed by atoms with Gasteiger partial charge in [0.1, 0.15) is 0 Å². The van der Waals surface area contributed by atoms with Crippen molar-refractivity contribution in [2.75, 3.05) is 13.2 Å². The van der Waals surface area contributed by atoms with E-state index in [1.807, 2.05) is 27.7 Å². The summed E-state index contributed by atoms with van der Waals surface area (Å²) in [6.45, 7) is 12.8. The smallest absolute Gasteiger partial charge is 0.323 e. The van der Waals surface area contributed by atoms with Crippen LogP contribution in [0.1, 0.15) is 80.1 Å². The highest BCUT2D eigenvalue weighted by atomic mass is 16.6. The van der Waals surface area contributed by atoms with Crippen molar-refractivity contribution < 1.29 is 19.1 Å². The van der Waals surface area contributed by atoms with E-state index in [4.69, 9.17) is 9.47 Å². The van der Waals surface area contributed by atoms with Crippen LogP contribution in [-0.4, -0.2) is 25.2 Å². The van der Waals surface area contributed by atoms with Gasteiger partial charge in [0.15, 0.2) is 5.41 Å². The second-order valence-electron chi connectivity index (χ2n) is 7.27. The van der Waals surface area contributed by atoms with Crippen LogP contribution in [0.25, 0.3) is 0 Å². The van der Waals surface area contributed by atoms with E-state index < -0.39 is 17.4 Å². The van der Waals surface area contributed by atoms with Crippen molar-refractivity contribution in [1.82, 2.24) is 0 Å². The fraction of sp³-hybridized carbons (Fsp3) is 0.895. The number of esters is 2. The van der Waals surface area contributed by atoms with Crippen LogP contribution < -0.4 is 0 Å². The van der Waals surface area contributed by atoms with Gasteiger partial charge in [0.2, 0.25) is 0 Å². The van der Waals surface area contributed by atoms with E-state index in [-0.39, 0.29) is 11.8 Å². The van der Waals surface area contributed by atoms with E-state index in [0.717, 1.165) is 25.7 Å². The third kappa shape index (κ3) is 7.85. The maximum atomic E-state index is 12.7. The Kier molecular flexibility index (Phi) is 10.9. The quantitative estimate of drug-likeness (QED) is 0.383. The maximum absolute atomic E-state index is 12.7. The molecule has 0 bridgehead atoms. The third-order valence-electron chi connectivity index (χ3n) is 3.79. The maximum Gasteiger partial charge on any atom is 0.323 e. The summed E-state index contributed by atoms with van der Waals surface area (Å²) < 4.78 is 10.9.